The van der Waals surface area contributed by atoms with Crippen LogP contribution in [0.1, 0.15) is 152 Å². The fraction of sp³-hybridized carbons (Fsp3) is 0.568. The van der Waals surface area contributed by atoms with Gasteiger partial charge in [0, 0.05) is 18.4 Å². The van der Waals surface area contributed by atoms with Gasteiger partial charge in [-0.25, -0.2) is 9.59 Å². The molecule has 278 valence electrons. The number of carbonyl (C=O) groups excluding carboxylic acids is 3. The van der Waals surface area contributed by atoms with Gasteiger partial charge in [-0.15, -0.1) is 0 Å². The van der Waals surface area contributed by atoms with Gasteiger partial charge in [-0.3, -0.25) is 4.79 Å². The topological polar surface area (TPSA) is 88.1 Å². The van der Waals surface area contributed by atoms with Gasteiger partial charge in [0.15, 0.2) is 5.60 Å². The zero-order valence-electron chi connectivity index (χ0n) is 31.3. The normalized spacial score (nSPS) is 17.4. The SMILES string of the molecule is CCCCCCCCCCCOc1ccccc1C1(OC(=O)CC2CC2)C=CC(C(=O)Oc2ccc(C(=O)OC(C)CCCCCC)cc2)=CC1. The molecule has 0 radical (unpaired) electrons. The van der Waals surface area contributed by atoms with Gasteiger partial charge in [-0.1, -0.05) is 109 Å². The molecule has 2 aliphatic rings. The summed E-state index contributed by atoms with van der Waals surface area (Å²) in [6.07, 6.45) is 24.3. The van der Waals surface area contributed by atoms with Crippen molar-refractivity contribution in [2.24, 2.45) is 5.92 Å². The van der Waals surface area contributed by atoms with Crippen molar-refractivity contribution < 1.29 is 33.3 Å². The second kappa shape index (κ2) is 21.5. The highest BCUT2D eigenvalue weighted by Gasteiger charge is 2.39. The molecule has 2 aliphatic carbocycles. The third kappa shape index (κ3) is 13.6. The van der Waals surface area contributed by atoms with Crippen LogP contribution in [0.15, 0.2) is 72.3 Å². The molecule has 2 aromatic rings. The Morgan fingerprint density at radius 1 is 0.784 bits per heavy atom. The van der Waals surface area contributed by atoms with Crippen molar-refractivity contribution in [3.8, 4) is 11.5 Å². The summed E-state index contributed by atoms with van der Waals surface area (Å²) in [5.74, 6) is 0.216. The zero-order valence-corrected chi connectivity index (χ0v) is 31.3. The second-order valence-electron chi connectivity index (χ2n) is 14.4. The molecular weight excluding hydrogens is 640 g/mol. The van der Waals surface area contributed by atoms with E-state index >= 15 is 0 Å². The average Bonchev–Trinajstić information content (AvgIpc) is 3.95. The highest BCUT2D eigenvalue weighted by molar-refractivity contribution is 5.94. The molecule has 4 rings (SSSR count). The summed E-state index contributed by atoms with van der Waals surface area (Å²) < 4.78 is 23.8. The van der Waals surface area contributed by atoms with Crippen molar-refractivity contribution in [1.29, 1.82) is 0 Å². The van der Waals surface area contributed by atoms with Gasteiger partial charge in [0.2, 0.25) is 0 Å². The molecule has 2 atom stereocenters. The lowest BCUT2D eigenvalue weighted by Crippen LogP contribution is -2.33. The molecule has 7 nitrogen and oxygen atoms in total. The number of esters is 3. The first kappa shape index (κ1) is 39.9. The summed E-state index contributed by atoms with van der Waals surface area (Å²) in [7, 11) is 0. The highest BCUT2D eigenvalue weighted by Crippen LogP contribution is 2.42. The zero-order chi connectivity index (χ0) is 36.3. The first-order chi connectivity index (χ1) is 24.8. The molecule has 0 aliphatic heterocycles. The molecule has 2 unspecified atom stereocenters. The van der Waals surface area contributed by atoms with Crippen LogP contribution in [-0.2, 0) is 24.7 Å². The highest BCUT2D eigenvalue weighted by atomic mass is 16.6. The Labute approximate surface area is 306 Å². The number of hydrogen-bond donors (Lipinski definition) is 0. The minimum Gasteiger partial charge on any atom is -0.493 e. The maximum Gasteiger partial charge on any atom is 0.343 e. The lowest BCUT2D eigenvalue weighted by Gasteiger charge is -2.33. The van der Waals surface area contributed by atoms with Crippen LogP contribution in [-0.4, -0.2) is 30.6 Å². The third-order valence-corrected chi connectivity index (χ3v) is 9.76. The molecule has 2 aromatic carbocycles. The predicted octanol–water partition coefficient (Wildman–Crippen LogP) is 11.1. The van der Waals surface area contributed by atoms with E-state index in [0.29, 0.717) is 41.6 Å². The molecule has 1 saturated carbocycles. The number of carbonyl (C=O) groups is 3. The van der Waals surface area contributed by atoms with Crippen molar-refractivity contribution in [1.82, 2.24) is 0 Å². The van der Waals surface area contributed by atoms with E-state index in [4.69, 9.17) is 18.9 Å². The monoisotopic (exact) mass is 700 g/mol. The molecule has 0 amide bonds. The second-order valence-corrected chi connectivity index (χ2v) is 14.4. The lowest BCUT2D eigenvalue weighted by molar-refractivity contribution is -0.156. The van der Waals surface area contributed by atoms with Crippen LogP contribution in [0.5, 0.6) is 11.5 Å². The Morgan fingerprint density at radius 2 is 1.43 bits per heavy atom. The van der Waals surface area contributed by atoms with E-state index in [1.165, 1.54) is 57.8 Å². The molecule has 0 aromatic heterocycles. The van der Waals surface area contributed by atoms with E-state index in [9.17, 15) is 14.4 Å². The molecule has 7 heteroatoms. The number of hydrogen-bond acceptors (Lipinski definition) is 7. The van der Waals surface area contributed by atoms with Crippen LogP contribution < -0.4 is 9.47 Å². The van der Waals surface area contributed by atoms with Crippen molar-refractivity contribution in [2.45, 2.75) is 148 Å². The van der Waals surface area contributed by atoms with E-state index in [-0.39, 0.29) is 18.5 Å². The molecule has 0 spiro atoms. The number of rotatable bonds is 24. The van der Waals surface area contributed by atoms with Crippen molar-refractivity contribution in [3.05, 3.63) is 83.5 Å². The Hall–Kier alpha value is -3.87. The summed E-state index contributed by atoms with van der Waals surface area (Å²) in [6, 6.07) is 14.1. The van der Waals surface area contributed by atoms with E-state index < -0.39 is 17.5 Å². The van der Waals surface area contributed by atoms with Crippen LogP contribution in [0.3, 0.4) is 0 Å². The van der Waals surface area contributed by atoms with Crippen LogP contribution >= 0.6 is 0 Å². The number of ether oxygens (including phenoxy) is 4. The molecule has 1 fully saturated rings. The molecule has 0 saturated heterocycles. The van der Waals surface area contributed by atoms with Gasteiger partial charge in [-0.2, -0.15) is 0 Å². The maximum absolute atomic E-state index is 13.2. The fourth-order valence-electron chi connectivity index (χ4n) is 6.44. The van der Waals surface area contributed by atoms with Gasteiger partial charge >= 0.3 is 17.9 Å². The first-order valence-electron chi connectivity index (χ1n) is 19.7. The summed E-state index contributed by atoms with van der Waals surface area (Å²) in [6.45, 7) is 6.92. The van der Waals surface area contributed by atoms with E-state index in [0.717, 1.165) is 50.5 Å². The summed E-state index contributed by atoms with van der Waals surface area (Å²) >= 11 is 0. The van der Waals surface area contributed by atoms with Crippen LogP contribution in [0.4, 0.5) is 0 Å². The third-order valence-electron chi connectivity index (χ3n) is 9.76. The van der Waals surface area contributed by atoms with Crippen LogP contribution in [0.25, 0.3) is 0 Å². The number of benzene rings is 2. The standard InChI is InChI=1S/C44H60O7/c1-4-6-8-10-11-12-13-14-18-32-48-40-21-17-16-20-39(40)44(51-41(45)33-35-22-23-35)30-28-37(29-31-44)43(47)50-38-26-24-36(25-27-38)42(46)49-34(3)19-15-9-7-5-2/h16-17,20-21,24-30,34-35H,4-15,18-19,22-23,31-33H2,1-3H3. The Bertz CT molecular complexity index is 1440. The van der Waals surface area contributed by atoms with Crippen molar-refractivity contribution in [3.63, 3.8) is 0 Å². The van der Waals surface area contributed by atoms with Gasteiger partial charge in [0.05, 0.1) is 23.8 Å². The van der Waals surface area contributed by atoms with E-state index in [1.807, 2.05) is 31.2 Å². The van der Waals surface area contributed by atoms with Crippen LogP contribution in [0.2, 0.25) is 0 Å². The minimum absolute atomic E-state index is 0.157. The Kier molecular flexibility index (Phi) is 16.8. The van der Waals surface area contributed by atoms with Gasteiger partial charge < -0.3 is 18.9 Å². The minimum atomic E-state index is -1.10. The largest absolute Gasteiger partial charge is 0.493 e. The Morgan fingerprint density at radius 3 is 2.08 bits per heavy atom. The smallest absolute Gasteiger partial charge is 0.343 e. The fourth-order valence-corrected chi connectivity index (χ4v) is 6.44. The molecule has 51 heavy (non-hydrogen) atoms. The molecule has 0 heterocycles. The van der Waals surface area contributed by atoms with E-state index in [2.05, 4.69) is 13.8 Å². The average molecular weight is 701 g/mol. The van der Waals surface area contributed by atoms with Gasteiger partial charge in [-0.05, 0) is 87.4 Å². The van der Waals surface area contributed by atoms with Crippen LogP contribution in [0, 0.1) is 5.92 Å². The number of para-hydroxylation sites is 1. The van der Waals surface area contributed by atoms with Crippen molar-refractivity contribution in [2.75, 3.05) is 6.61 Å². The molecule has 0 bridgehead atoms. The summed E-state index contributed by atoms with van der Waals surface area (Å²) in [5, 5.41) is 0. The number of unbranched alkanes of at least 4 members (excludes halogenated alkanes) is 11. The first-order valence-corrected chi connectivity index (χ1v) is 19.7. The molecule has 0 N–H and O–H groups in total. The predicted molar refractivity (Wildman–Crippen MR) is 202 cm³/mol. The van der Waals surface area contributed by atoms with Gasteiger partial charge in [0.1, 0.15) is 11.5 Å². The summed E-state index contributed by atoms with van der Waals surface area (Å²) in [5.41, 5.74) is 0.434. The quantitative estimate of drug-likeness (QED) is 0.0612. The Balaban J connectivity index is 1.34. The maximum atomic E-state index is 13.2. The molecular formula is C44H60O7. The van der Waals surface area contributed by atoms with E-state index in [1.54, 1.807) is 42.5 Å². The lowest BCUT2D eigenvalue weighted by atomic mass is 9.84. The van der Waals surface area contributed by atoms with Crippen molar-refractivity contribution >= 4 is 17.9 Å². The summed E-state index contributed by atoms with van der Waals surface area (Å²) in [4.78, 5) is 39.0. The van der Waals surface area contributed by atoms with Gasteiger partial charge in [0.25, 0.3) is 0 Å².